The first kappa shape index (κ1) is 47.5. The highest BCUT2D eigenvalue weighted by atomic mass is 19.1. The lowest BCUT2D eigenvalue weighted by Crippen LogP contribution is -2.59. The van der Waals surface area contributed by atoms with Gasteiger partial charge in [-0.05, 0) is 61.9 Å². The molecule has 1 aliphatic rings. The number of methoxy groups -OCH3 is 3. The van der Waals surface area contributed by atoms with E-state index < -0.39 is 54.0 Å². The molecule has 4 amide bonds. The first-order valence-electron chi connectivity index (χ1n) is 19.3. The average Bonchev–Trinajstić information content (AvgIpc) is 3.58. The molecule has 1 aromatic carbocycles. The average molecular weight is 779 g/mol. The van der Waals surface area contributed by atoms with Crippen molar-refractivity contribution in [2.75, 3.05) is 48.5 Å². The van der Waals surface area contributed by atoms with Crippen molar-refractivity contribution in [2.24, 2.45) is 28.8 Å². The van der Waals surface area contributed by atoms with Crippen LogP contribution in [0.3, 0.4) is 0 Å². The number of oxime groups is 1. The third-order valence-corrected chi connectivity index (χ3v) is 11.1. The maximum absolute atomic E-state index is 14.3. The highest BCUT2D eigenvalue weighted by Crippen LogP contribution is 2.31. The Labute approximate surface area is 327 Å². The summed E-state index contributed by atoms with van der Waals surface area (Å²) < 4.78 is 31.3. The molecular weight excluding hydrogens is 711 g/mol. The van der Waals surface area contributed by atoms with E-state index in [1.165, 1.54) is 32.4 Å². The van der Waals surface area contributed by atoms with Crippen LogP contribution in [0.1, 0.15) is 78.9 Å². The van der Waals surface area contributed by atoms with Gasteiger partial charge in [0.25, 0.3) is 0 Å². The molecule has 0 aromatic heterocycles. The van der Waals surface area contributed by atoms with Crippen LogP contribution in [0.4, 0.5) is 4.39 Å². The van der Waals surface area contributed by atoms with E-state index in [1.807, 2.05) is 41.5 Å². The number of carbonyl (C=O) groups excluding carboxylic acids is 4. The molecule has 0 spiro atoms. The lowest BCUT2D eigenvalue weighted by atomic mass is 9.89. The van der Waals surface area contributed by atoms with Gasteiger partial charge in [0.05, 0.1) is 55.3 Å². The Balaban J connectivity index is 2.32. The van der Waals surface area contributed by atoms with Gasteiger partial charge in [-0.3, -0.25) is 19.2 Å². The molecule has 0 bridgehead atoms. The molecule has 1 heterocycles. The summed E-state index contributed by atoms with van der Waals surface area (Å²) in [5.74, 6) is -2.62. The molecule has 1 saturated heterocycles. The number of rotatable bonds is 21. The largest absolute Gasteiger partial charge is 0.411 e. The molecule has 1 aromatic rings. The fourth-order valence-corrected chi connectivity index (χ4v) is 7.67. The third-order valence-electron chi connectivity index (χ3n) is 11.1. The molecule has 55 heavy (non-hydrogen) atoms. The summed E-state index contributed by atoms with van der Waals surface area (Å²) in [6.45, 7) is 15.2. The highest BCUT2D eigenvalue weighted by molar-refractivity contribution is 6.04. The Hall–Kier alpha value is -3.66. The number of benzene rings is 1. The van der Waals surface area contributed by atoms with Crippen LogP contribution < -0.4 is 16.0 Å². The number of nitrogens with zero attached hydrogens (tertiary/aromatic N) is 3. The van der Waals surface area contributed by atoms with Gasteiger partial charge in [-0.25, -0.2) is 4.39 Å². The summed E-state index contributed by atoms with van der Waals surface area (Å²) in [5, 5.41) is 21.8. The lowest BCUT2D eigenvalue weighted by molar-refractivity contribution is -0.147. The van der Waals surface area contributed by atoms with E-state index in [1.54, 1.807) is 44.9 Å². The van der Waals surface area contributed by atoms with Gasteiger partial charge in [0, 0.05) is 40.5 Å². The van der Waals surface area contributed by atoms with Gasteiger partial charge < -0.3 is 45.2 Å². The van der Waals surface area contributed by atoms with Crippen LogP contribution in [0.15, 0.2) is 23.4 Å². The van der Waals surface area contributed by atoms with E-state index in [9.17, 15) is 28.8 Å². The highest BCUT2D eigenvalue weighted by Gasteiger charge is 2.45. The van der Waals surface area contributed by atoms with Crippen LogP contribution >= 0.6 is 0 Å². The number of halogens is 1. The summed E-state index contributed by atoms with van der Waals surface area (Å²) in [7, 11) is 7.99. The Bertz CT molecular complexity index is 1460. The molecule has 1 aliphatic heterocycles. The van der Waals surface area contributed by atoms with Crippen molar-refractivity contribution < 1.29 is 43.0 Å². The second kappa shape index (κ2) is 22.2. The van der Waals surface area contributed by atoms with E-state index in [-0.39, 0.29) is 66.8 Å². The minimum absolute atomic E-state index is 0.00954. The number of likely N-dealkylation sites (N-methyl/N-ethyl adjacent to an activating group) is 2. The quantitative estimate of drug-likeness (QED) is 0.0831. The first-order chi connectivity index (χ1) is 25.9. The molecule has 0 unspecified atom stereocenters. The molecule has 14 nitrogen and oxygen atoms in total. The van der Waals surface area contributed by atoms with Crippen LogP contribution in [0.25, 0.3) is 0 Å². The minimum Gasteiger partial charge on any atom is -0.411 e. The molecular formula is C40H67FN6O8. The van der Waals surface area contributed by atoms with Gasteiger partial charge in [0.15, 0.2) is 0 Å². The third kappa shape index (κ3) is 12.2. The van der Waals surface area contributed by atoms with E-state index in [2.05, 4.69) is 21.1 Å². The summed E-state index contributed by atoms with van der Waals surface area (Å²) in [6, 6.07) is 1.74. The molecule has 1 fully saturated rings. The standard InChI is InChI=1S/C40H67FN6O8/c1-14-24(6)36(46(10)40(51)35(23(4)5)44-39(50)34(42-9)22(2)3)32(54-12)19-33(48)47-21-28(53-11)18-31(47)37(55-13)26(8)38(49)43-20-30(45-52)29-16-15-27(41)17-25(29)7/h15-17,22-24,26,28,31-32,34-37,42,52H,14,18-21H2,1-13H3,(H,43,49)(H,44,50)/t24-,26+,28+,31+,32-,34-,35-,36-,37+/m0/s1. The van der Waals surface area contributed by atoms with E-state index in [0.717, 1.165) is 0 Å². The van der Waals surface area contributed by atoms with Crippen LogP contribution in [0, 0.1) is 36.4 Å². The normalized spacial score (nSPS) is 20.1. The van der Waals surface area contributed by atoms with Crippen LogP contribution in [-0.2, 0) is 33.4 Å². The number of carbonyl (C=O) groups is 4. The summed E-state index contributed by atoms with van der Waals surface area (Å²) in [5.41, 5.74) is 1.20. The molecule has 0 radical (unpaired) electrons. The van der Waals surface area contributed by atoms with Crippen molar-refractivity contribution in [3.05, 3.63) is 35.1 Å². The summed E-state index contributed by atoms with van der Waals surface area (Å²) >= 11 is 0. The van der Waals surface area contributed by atoms with Crippen molar-refractivity contribution in [3.63, 3.8) is 0 Å². The minimum atomic E-state index is -0.799. The summed E-state index contributed by atoms with van der Waals surface area (Å²) in [4.78, 5) is 58.6. The van der Waals surface area contributed by atoms with Crippen LogP contribution in [0.5, 0.6) is 0 Å². The number of aryl methyl sites for hydroxylation is 1. The number of likely N-dealkylation sites (tertiary alicyclic amines) is 1. The lowest BCUT2D eigenvalue weighted by Gasteiger charge is -2.41. The maximum Gasteiger partial charge on any atom is 0.245 e. The number of nitrogens with one attached hydrogen (secondary N) is 3. The fraction of sp³-hybridized carbons (Fsp3) is 0.725. The van der Waals surface area contributed by atoms with E-state index in [4.69, 9.17) is 14.2 Å². The topological polar surface area (TPSA) is 171 Å². The first-order valence-corrected chi connectivity index (χ1v) is 19.3. The molecule has 0 aliphatic carbocycles. The molecule has 312 valence electrons. The SMILES string of the molecule is CC[C@H](C)[C@@H]([C@H](CC(=O)N1C[C@H](OC)C[C@@H]1[C@H](OC)[C@@H](C)C(=O)NCC(=NO)c1ccc(F)cc1C)OC)N(C)C(=O)[C@@H](NC(=O)[C@@H](NC)C(C)C)C(C)C. The van der Waals surface area contributed by atoms with E-state index in [0.29, 0.717) is 24.0 Å². The van der Waals surface area contributed by atoms with Crippen molar-refractivity contribution in [1.82, 2.24) is 25.8 Å². The molecule has 2 rings (SSSR count). The number of amides is 4. The zero-order chi connectivity index (χ0) is 41.7. The van der Waals surface area contributed by atoms with E-state index >= 15 is 0 Å². The Morgan fingerprint density at radius 3 is 2.15 bits per heavy atom. The predicted octanol–water partition coefficient (Wildman–Crippen LogP) is 3.36. The maximum atomic E-state index is 14.3. The van der Waals surface area contributed by atoms with Gasteiger partial charge >= 0.3 is 0 Å². The Morgan fingerprint density at radius 2 is 1.65 bits per heavy atom. The molecule has 15 heteroatoms. The Kier molecular flexibility index (Phi) is 19.1. The van der Waals surface area contributed by atoms with Crippen molar-refractivity contribution in [3.8, 4) is 0 Å². The number of ether oxygens (including phenoxy) is 3. The fourth-order valence-electron chi connectivity index (χ4n) is 7.67. The van der Waals surface area contributed by atoms with Crippen molar-refractivity contribution >= 4 is 29.3 Å². The smallest absolute Gasteiger partial charge is 0.245 e. The molecule has 9 atom stereocenters. The van der Waals surface area contributed by atoms with Crippen LogP contribution in [0.2, 0.25) is 0 Å². The zero-order valence-corrected chi connectivity index (χ0v) is 35.1. The Morgan fingerprint density at radius 1 is 1.02 bits per heavy atom. The monoisotopic (exact) mass is 779 g/mol. The second-order valence-electron chi connectivity index (χ2n) is 15.5. The number of hydrogen-bond donors (Lipinski definition) is 4. The van der Waals surface area contributed by atoms with Gasteiger partial charge in [0.1, 0.15) is 17.6 Å². The molecule has 0 saturated carbocycles. The van der Waals surface area contributed by atoms with Crippen LogP contribution in [-0.4, -0.2) is 135 Å². The molecule has 4 N–H and O–H groups in total. The van der Waals surface area contributed by atoms with Gasteiger partial charge in [0.2, 0.25) is 23.6 Å². The summed E-state index contributed by atoms with van der Waals surface area (Å²) in [6.07, 6.45) is -0.686. The van der Waals surface area contributed by atoms with Gasteiger partial charge in [-0.1, -0.05) is 60.0 Å². The zero-order valence-electron chi connectivity index (χ0n) is 35.1. The second-order valence-corrected chi connectivity index (χ2v) is 15.5. The number of hydrogen-bond acceptors (Lipinski definition) is 10. The van der Waals surface area contributed by atoms with Gasteiger partial charge in [-0.15, -0.1) is 0 Å². The van der Waals surface area contributed by atoms with Crippen molar-refractivity contribution in [1.29, 1.82) is 0 Å². The van der Waals surface area contributed by atoms with Gasteiger partial charge in [-0.2, -0.15) is 0 Å². The van der Waals surface area contributed by atoms with Crippen molar-refractivity contribution in [2.45, 2.75) is 117 Å². The predicted molar refractivity (Wildman–Crippen MR) is 209 cm³/mol.